The number of nitrogens with zero attached hydrogens (tertiary/aromatic N) is 2. The fourth-order valence-corrected chi connectivity index (χ4v) is 5.17. The van der Waals surface area contributed by atoms with Crippen LogP contribution in [0, 0.1) is 17.5 Å². The van der Waals surface area contributed by atoms with E-state index in [1.807, 2.05) is 0 Å². The Morgan fingerprint density at radius 1 is 1.11 bits per heavy atom. The molecule has 1 atom stereocenters. The van der Waals surface area contributed by atoms with Crippen LogP contribution < -0.4 is 13.9 Å². The van der Waals surface area contributed by atoms with Gasteiger partial charge in [0.25, 0.3) is 0 Å². The lowest BCUT2D eigenvalue weighted by Gasteiger charge is -2.27. The highest BCUT2D eigenvalue weighted by Gasteiger charge is 2.43. The van der Waals surface area contributed by atoms with Gasteiger partial charge in [0.05, 0.1) is 24.1 Å². The fraction of sp³-hybridized carbons (Fsp3) is 0.333. The zero-order valence-electron chi connectivity index (χ0n) is 14.7. The molecular weight excluding hydrogens is 395 g/mol. The molecule has 6 nitrogen and oxygen atoms in total. The van der Waals surface area contributed by atoms with Gasteiger partial charge in [-0.15, -0.1) is 0 Å². The third kappa shape index (κ3) is 3.21. The van der Waals surface area contributed by atoms with Crippen LogP contribution in [0.5, 0.6) is 0 Å². The van der Waals surface area contributed by atoms with Crippen molar-refractivity contribution in [3.05, 3.63) is 53.8 Å². The Bertz CT molecular complexity index is 977. The second-order valence-corrected chi connectivity index (χ2v) is 8.23. The molecule has 0 spiro atoms. The van der Waals surface area contributed by atoms with Gasteiger partial charge < -0.3 is 10.1 Å². The van der Waals surface area contributed by atoms with E-state index >= 15 is 0 Å². The molecule has 0 amide bonds. The van der Waals surface area contributed by atoms with E-state index in [0.717, 1.165) is 41.2 Å². The first-order valence-electron chi connectivity index (χ1n) is 8.78. The summed E-state index contributed by atoms with van der Waals surface area (Å²) in [5.74, 6) is -2.82. The number of benzene rings is 2. The monoisotopic (exact) mass is 413 g/mol. The van der Waals surface area contributed by atoms with Gasteiger partial charge in [0.15, 0.2) is 11.6 Å². The lowest BCUT2D eigenvalue weighted by molar-refractivity contribution is 0.0254. The minimum Gasteiger partial charge on any atom is -0.376 e. The lowest BCUT2D eigenvalue weighted by Crippen LogP contribution is -2.42. The second-order valence-electron chi connectivity index (χ2n) is 6.53. The van der Waals surface area contributed by atoms with Gasteiger partial charge in [0.1, 0.15) is 11.5 Å². The average molecular weight is 413 g/mol. The van der Waals surface area contributed by atoms with Crippen LogP contribution in [0.15, 0.2) is 36.4 Å². The molecule has 0 bridgehead atoms. The summed E-state index contributed by atoms with van der Waals surface area (Å²) in [5, 5.41) is 3.15. The number of para-hydroxylation sites is 1. The van der Waals surface area contributed by atoms with Crippen LogP contribution in [-0.2, 0) is 14.9 Å². The quantitative estimate of drug-likeness (QED) is 0.837. The van der Waals surface area contributed by atoms with E-state index in [1.54, 1.807) is 0 Å². The molecule has 28 heavy (non-hydrogen) atoms. The Hall–Kier alpha value is -2.30. The molecular formula is C18H18F3N3O3S. The zero-order chi connectivity index (χ0) is 19.9. The second kappa shape index (κ2) is 7.26. The first kappa shape index (κ1) is 19.0. The van der Waals surface area contributed by atoms with Crippen LogP contribution in [-0.4, -0.2) is 40.8 Å². The van der Waals surface area contributed by atoms with E-state index in [9.17, 15) is 21.6 Å². The van der Waals surface area contributed by atoms with Crippen molar-refractivity contribution in [2.24, 2.45) is 0 Å². The molecule has 2 aromatic carbocycles. The maximum Gasteiger partial charge on any atom is 0.331 e. The molecule has 0 unspecified atom stereocenters. The van der Waals surface area contributed by atoms with Gasteiger partial charge in [-0.05, 0) is 30.7 Å². The topological polar surface area (TPSA) is 61.9 Å². The Labute approximate surface area is 160 Å². The number of hydrogen-bond acceptors (Lipinski definition) is 4. The Morgan fingerprint density at radius 3 is 2.54 bits per heavy atom. The van der Waals surface area contributed by atoms with Crippen molar-refractivity contribution in [1.29, 1.82) is 0 Å². The third-order valence-electron chi connectivity index (χ3n) is 4.73. The van der Waals surface area contributed by atoms with Crippen molar-refractivity contribution < 1.29 is 26.3 Å². The van der Waals surface area contributed by atoms with E-state index in [1.165, 1.54) is 6.07 Å². The predicted molar refractivity (Wildman–Crippen MR) is 98.4 cm³/mol. The smallest absolute Gasteiger partial charge is 0.331 e. The third-order valence-corrected chi connectivity index (χ3v) is 6.51. The molecule has 4 rings (SSSR count). The molecule has 150 valence electrons. The molecule has 0 radical (unpaired) electrons. The average Bonchev–Trinajstić information content (AvgIpc) is 2.87. The van der Waals surface area contributed by atoms with Crippen molar-refractivity contribution in [1.82, 2.24) is 5.32 Å². The van der Waals surface area contributed by atoms with E-state index < -0.39 is 33.3 Å². The van der Waals surface area contributed by atoms with Gasteiger partial charge in [-0.3, -0.25) is 4.31 Å². The number of anilines is 3. The Kier molecular flexibility index (Phi) is 4.94. The molecule has 2 aliphatic heterocycles. The number of halogens is 3. The molecule has 1 N–H and O–H groups in total. The summed E-state index contributed by atoms with van der Waals surface area (Å²) >= 11 is 0. The van der Waals surface area contributed by atoms with Crippen molar-refractivity contribution in [2.45, 2.75) is 12.5 Å². The Balaban J connectivity index is 1.75. The van der Waals surface area contributed by atoms with Gasteiger partial charge in [0.2, 0.25) is 0 Å². The van der Waals surface area contributed by atoms with E-state index in [4.69, 9.17) is 4.74 Å². The van der Waals surface area contributed by atoms with Crippen LogP contribution >= 0.6 is 0 Å². The maximum absolute atomic E-state index is 14.4. The SMILES string of the molecule is O=S1(=O)N(CC[C@@H]2CNCCO2)c2ccc(F)cc2N1c1c(F)cccc1F. The standard InChI is InChI=1S/C18H18F3N3O3S/c19-12-4-5-16-17(10-12)24(18-14(20)2-1-3-15(18)21)28(25,26)23(16)8-6-13-11-22-7-9-27-13/h1-5,10,13,22H,6-9,11H2/t13-/m1/s1. The summed E-state index contributed by atoms with van der Waals surface area (Å²) in [5.41, 5.74) is -0.730. The minimum absolute atomic E-state index is 0.0277. The number of nitrogens with one attached hydrogen (secondary N) is 1. The molecule has 0 saturated carbocycles. The number of rotatable bonds is 4. The van der Waals surface area contributed by atoms with Crippen molar-refractivity contribution in [3.63, 3.8) is 0 Å². The van der Waals surface area contributed by atoms with Gasteiger partial charge in [0, 0.05) is 25.7 Å². The minimum atomic E-state index is -4.36. The van der Waals surface area contributed by atoms with Crippen LogP contribution in [0.2, 0.25) is 0 Å². The van der Waals surface area contributed by atoms with Crippen LogP contribution in [0.1, 0.15) is 6.42 Å². The van der Waals surface area contributed by atoms with Gasteiger partial charge in [-0.2, -0.15) is 8.42 Å². The molecule has 2 heterocycles. The van der Waals surface area contributed by atoms with Crippen LogP contribution in [0.25, 0.3) is 0 Å². The number of morpholine rings is 1. The van der Waals surface area contributed by atoms with E-state index in [0.29, 0.717) is 23.9 Å². The fourth-order valence-electron chi connectivity index (χ4n) is 3.44. The summed E-state index contributed by atoms with van der Waals surface area (Å²) < 4.78 is 76.1. The first-order valence-corrected chi connectivity index (χ1v) is 10.2. The molecule has 1 fully saturated rings. The first-order chi connectivity index (χ1) is 13.4. The van der Waals surface area contributed by atoms with Crippen LogP contribution in [0.3, 0.4) is 0 Å². The molecule has 2 aromatic rings. The van der Waals surface area contributed by atoms with Gasteiger partial charge in [-0.1, -0.05) is 6.07 Å². The Morgan fingerprint density at radius 2 is 1.86 bits per heavy atom. The summed E-state index contributed by atoms with van der Waals surface area (Å²) in [4.78, 5) is 0. The molecule has 0 aliphatic carbocycles. The van der Waals surface area contributed by atoms with Crippen molar-refractivity contribution >= 4 is 27.3 Å². The highest BCUT2D eigenvalue weighted by molar-refractivity contribution is 7.95. The maximum atomic E-state index is 14.4. The number of hydrogen-bond donors (Lipinski definition) is 1. The van der Waals surface area contributed by atoms with E-state index in [-0.39, 0.29) is 24.0 Å². The summed E-state index contributed by atoms with van der Waals surface area (Å²) in [6, 6.07) is 6.41. The normalized spacial score (nSPS) is 21.0. The van der Waals surface area contributed by atoms with Crippen LogP contribution in [0.4, 0.5) is 30.2 Å². The van der Waals surface area contributed by atoms with Gasteiger partial charge >= 0.3 is 10.2 Å². The highest BCUT2D eigenvalue weighted by atomic mass is 32.2. The van der Waals surface area contributed by atoms with Gasteiger partial charge in [-0.25, -0.2) is 17.5 Å². The molecule has 0 aromatic heterocycles. The predicted octanol–water partition coefficient (Wildman–Crippen LogP) is 2.69. The number of ether oxygens (including phenoxy) is 1. The van der Waals surface area contributed by atoms with E-state index in [2.05, 4.69) is 5.32 Å². The summed E-state index contributed by atoms with van der Waals surface area (Å²) in [6.07, 6.45) is 0.184. The highest BCUT2D eigenvalue weighted by Crippen LogP contribution is 2.47. The summed E-state index contributed by atoms with van der Waals surface area (Å²) in [6.45, 7) is 1.85. The summed E-state index contributed by atoms with van der Waals surface area (Å²) in [7, 11) is -4.36. The van der Waals surface area contributed by atoms with Crippen molar-refractivity contribution in [3.8, 4) is 0 Å². The molecule has 10 heteroatoms. The lowest BCUT2D eigenvalue weighted by atomic mass is 10.2. The zero-order valence-corrected chi connectivity index (χ0v) is 15.6. The molecule has 1 saturated heterocycles. The number of fused-ring (bicyclic) bond motifs is 1. The molecule has 2 aliphatic rings. The van der Waals surface area contributed by atoms with Crippen molar-refractivity contribution in [2.75, 3.05) is 34.9 Å². The largest absolute Gasteiger partial charge is 0.376 e.